The van der Waals surface area contributed by atoms with Crippen LogP contribution in [0.25, 0.3) is 0 Å². The van der Waals surface area contributed by atoms with Crippen LogP contribution in [-0.2, 0) is 13.1 Å². The Morgan fingerprint density at radius 1 is 1.00 bits per heavy atom. The van der Waals surface area contributed by atoms with Gasteiger partial charge in [-0.25, -0.2) is 0 Å². The van der Waals surface area contributed by atoms with Crippen molar-refractivity contribution in [2.45, 2.75) is 20.0 Å². The summed E-state index contributed by atoms with van der Waals surface area (Å²) in [6.07, 6.45) is 0. The number of hydrogen-bond acceptors (Lipinski definition) is 4. The molecular formula is C15H19NO2S. The zero-order valence-electron chi connectivity index (χ0n) is 11.5. The van der Waals surface area contributed by atoms with E-state index in [9.17, 15) is 0 Å². The predicted molar refractivity (Wildman–Crippen MR) is 79.1 cm³/mol. The van der Waals surface area contributed by atoms with E-state index in [1.807, 2.05) is 18.2 Å². The molecule has 4 heteroatoms. The topological polar surface area (TPSA) is 30.5 Å². The average Bonchev–Trinajstić information content (AvgIpc) is 2.84. The monoisotopic (exact) mass is 277 g/mol. The number of nitrogens with one attached hydrogen (secondary N) is 1. The van der Waals surface area contributed by atoms with Crippen LogP contribution in [0.5, 0.6) is 11.5 Å². The maximum Gasteiger partial charge on any atom is 0.122 e. The standard InChI is InChI=1S/C15H19NO2S/c1-11-9-19-10-13(11)8-16-7-12-4-14(17-2)6-15(5-12)18-3/h4-6,9-10,16H,7-8H2,1-3H3. The zero-order chi connectivity index (χ0) is 13.7. The number of benzene rings is 1. The predicted octanol–water partition coefficient (Wildman–Crippen LogP) is 3.36. The van der Waals surface area contributed by atoms with Crippen LogP contribution in [0.3, 0.4) is 0 Å². The van der Waals surface area contributed by atoms with E-state index in [2.05, 4.69) is 23.0 Å². The third-order valence-corrected chi connectivity index (χ3v) is 3.93. The summed E-state index contributed by atoms with van der Waals surface area (Å²) in [7, 11) is 3.33. The molecule has 3 nitrogen and oxygen atoms in total. The van der Waals surface area contributed by atoms with E-state index in [4.69, 9.17) is 9.47 Å². The average molecular weight is 277 g/mol. The maximum atomic E-state index is 5.26. The second-order valence-electron chi connectivity index (χ2n) is 4.40. The van der Waals surface area contributed by atoms with Gasteiger partial charge in [-0.05, 0) is 46.5 Å². The molecule has 0 atom stereocenters. The molecule has 2 aromatic rings. The van der Waals surface area contributed by atoms with Gasteiger partial charge in [0.2, 0.25) is 0 Å². The molecule has 1 aromatic heterocycles. The highest BCUT2D eigenvalue weighted by Crippen LogP contribution is 2.22. The van der Waals surface area contributed by atoms with E-state index in [0.717, 1.165) is 30.2 Å². The molecular weight excluding hydrogens is 258 g/mol. The Morgan fingerprint density at radius 3 is 2.21 bits per heavy atom. The molecule has 1 heterocycles. The van der Waals surface area contributed by atoms with Crippen molar-refractivity contribution < 1.29 is 9.47 Å². The molecule has 1 N–H and O–H groups in total. The SMILES string of the molecule is COc1cc(CNCc2cscc2C)cc(OC)c1. The Bertz CT molecular complexity index is 514. The van der Waals surface area contributed by atoms with E-state index < -0.39 is 0 Å². The summed E-state index contributed by atoms with van der Waals surface area (Å²) >= 11 is 1.74. The number of methoxy groups -OCH3 is 2. The van der Waals surface area contributed by atoms with Gasteiger partial charge < -0.3 is 14.8 Å². The van der Waals surface area contributed by atoms with Crippen molar-refractivity contribution in [3.8, 4) is 11.5 Å². The van der Waals surface area contributed by atoms with Crippen molar-refractivity contribution in [2.75, 3.05) is 14.2 Å². The minimum absolute atomic E-state index is 0.794. The van der Waals surface area contributed by atoms with E-state index in [1.165, 1.54) is 11.1 Å². The zero-order valence-corrected chi connectivity index (χ0v) is 12.3. The molecule has 19 heavy (non-hydrogen) atoms. The van der Waals surface area contributed by atoms with Gasteiger partial charge >= 0.3 is 0 Å². The van der Waals surface area contributed by atoms with Crippen molar-refractivity contribution in [3.63, 3.8) is 0 Å². The van der Waals surface area contributed by atoms with Crippen LogP contribution in [0.4, 0.5) is 0 Å². The Balaban J connectivity index is 1.97. The van der Waals surface area contributed by atoms with E-state index in [0.29, 0.717) is 0 Å². The quantitative estimate of drug-likeness (QED) is 0.878. The normalized spacial score (nSPS) is 10.5. The van der Waals surface area contributed by atoms with Crippen LogP contribution in [0.1, 0.15) is 16.7 Å². The first-order valence-corrected chi connectivity index (χ1v) is 7.11. The second kappa shape index (κ2) is 6.59. The van der Waals surface area contributed by atoms with Gasteiger partial charge in [-0.1, -0.05) is 0 Å². The first-order chi connectivity index (χ1) is 9.22. The van der Waals surface area contributed by atoms with Crippen LogP contribution >= 0.6 is 11.3 Å². The van der Waals surface area contributed by atoms with Crippen LogP contribution in [0, 0.1) is 6.92 Å². The third kappa shape index (κ3) is 3.72. The summed E-state index contributed by atoms with van der Waals surface area (Å²) < 4.78 is 10.5. The fraction of sp³-hybridized carbons (Fsp3) is 0.333. The fourth-order valence-electron chi connectivity index (χ4n) is 1.88. The lowest BCUT2D eigenvalue weighted by atomic mass is 10.2. The first kappa shape index (κ1) is 13.9. The molecule has 2 rings (SSSR count). The second-order valence-corrected chi connectivity index (χ2v) is 5.15. The molecule has 0 saturated heterocycles. The van der Waals surface area contributed by atoms with E-state index in [1.54, 1.807) is 25.6 Å². The summed E-state index contributed by atoms with van der Waals surface area (Å²) in [5, 5.41) is 7.80. The largest absolute Gasteiger partial charge is 0.497 e. The highest BCUT2D eigenvalue weighted by atomic mass is 32.1. The molecule has 0 aliphatic carbocycles. The minimum atomic E-state index is 0.794. The van der Waals surface area contributed by atoms with Crippen LogP contribution in [0.2, 0.25) is 0 Å². The number of hydrogen-bond donors (Lipinski definition) is 1. The van der Waals surface area contributed by atoms with Gasteiger partial charge in [-0.3, -0.25) is 0 Å². The summed E-state index contributed by atoms with van der Waals surface area (Å²) in [4.78, 5) is 0. The number of aryl methyl sites for hydroxylation is 1. The molecule has 0 fully saturated rings. The highest BCUT2D eigenvalue weighted by molar-refractivity contribution is 7.08. The van der Waals surface area contributed by atoms with E-state index in [-0.39, 0.29) is 0 Å². The summed E-state index contributed by atoms with van der Waals surface area (Å²) in [6, 6.07) is 5.93. The molecule has 0 spiro atoms. The summed E-state index contributed by atoms with van der Waals surface area (Å²) in [5.74, 6) is 1.64. The lowest BCUT2D eigenvalue weighted by Gasteiger charge is -2.09. The van der Waals surface area contributed by atoms with Gasteiger partial charge in [0.05, 0.1) is 14.2 Å². The molecule has 0 amide bonds. The number of thiophene rings is 1. The molecule has 0 bridgehead atoms. The Labute approximate surface area is 118 Å². The third-order valence-electron chi connectivity index (χ3n) is 3.02. The van der Waals surface area contributed by atoms with Crippen molar-refractivity contribution in [3.05, 3.63) is 45.6 Å². The summed E-state index contributed by atoms with van der Waals surface area (Å²) in [5.41, 5.74) is 3.87. The van der Waals surface area contributed by atoms with Crippen molar-refractivity contribution >= 4 is 11.3 Å². The molecule has 0 saturated carbocycles. The van der Waals surface area contributed by atoms with Crippen molar-refractivity contribution in [1.82, 2.24) is 5.32 Å². The Kier molecular flexibility index (Phi) is 4.82. The first-order valence-electron chi connectivity index (χ1n) is 6.17. The smallest absolute Gasteiger partial charge is 0.122 e. The van der Waals surface area contributed by atoms with Gasteiger partial charge in [0.15, 0.2) is 0 Å². The molecule has 0 radical (unpaired) electrons. The van der Waals surface area contributed by atoms with Gasteiger partial charge in [-0.15, -0.1) is 0 Å². The van der Waals surface area contributed by atoms with Gasteiger partial charge in [0.25, 0.3) is 0 Å². The molecule has 102 valence electrons. The van der Waals surface area contributed by atoms with Crippen molar-refractivity contribution in [2.24, 2.45) is 0 Å². The van der Waals surface area contributed by atoms with Crippen molar-refractivity contribution in [1.29, 1.82) is 0 Å². The molecule has 0 aliphatic rings. The van der Waals surface area contributed by atoms with Crippen LogP contribution < -0.4 is 14.8 Å². The molecule has 1 aromatic carbocycles. The maximum absolute atomic E-state index is 5.26. The number of rotatable bonds is 6. The lowest BCUT2D eigenvalue weighted by Crippen LogP contribution is -2.12. The highest BCUT2D eigenvalue weighted by Gasteiger charge is 2.03. The van der Waals surface area contributed by atoms with Gasteiger partial charge in [-0.2, -0.15) is 11.3 Å². The Morgan fingerprint density at radius 2 is 1.68 bits per heavy atom. The van der Waals surface area contributed by atoms with Gasteiger partial charge in [0, 0.05) is 19.2 Å². The van der Waals surface area contributed by atoms with Crippen LogP contribution in [0.15, 0.2) is 29.0 Å². The lowest BCUT2D eigenvalue weighted by molar-refractivity contribution is 0.393. The Hall–Kier alpha value is -1.52. The van der Waals surface area contributed by atoms with Gasteiger partial charge in [0.1, 0.15) is 11.5 Å². The molecule has 0 unspecified atom stereocenters. The fourth-order valence-corrected chi connectivity index (χ4v) is 2.73. The van der Waals surface area contributed by atoms with Crippen LogP contribution in [-0.4, -0.2) is 14.2 Å². The summed E-state index contributed by atoms with van der Waals surface area (Å²) in [6.45, 7) is 3.82. The minimum Gasteiger partial charge on any atom is -0.497 e. The molecule has 0 aliphatic heterocycles. The number of ether oxygens (including phenoxy) is 2. The van der Waals surface area contributed by atoms with E-state index >= 15 is 0 Å².